The first-order valence-electron chi connectivity index (χ1n) is 6.25. The van der Waals surface area contributed by atoms with Gasteiger partial charge in [-0.2, -0.15) is 0 Å². The van der Waals surface area contributed by atoms with Gasteiger partial charge in [-0.3, -0.25) is 4.79 Å². The van der Waals surface area contributed by atoms with Gasteiger partial charge in [-0.25, -0.2) is 4.98 Å². The fourth-order valence-electron chi connectivity index (χ4n) is 1.76. The zero-order valence-corrected chi connectivity index (χ0v) is 12.7. The lowest BCUT2D eigenvalue weighted by atomic mass is 10.2. The van der Waals surface area contributed by atoms with E-state index in [4.69, 9.17) is 4.74 Å². The summed E-state index contributed by atoms with van der Waals surface area (Å²) in [4.78, 5) is 18.9. The third kappa shape index (κ3) is 4.26. The van der Waals surface area contributed by atoms with Gasteiger partial charge in [0.1, 0.15) is 5.82 Å². The van der Waals surface area contributed by atoms with E-state index in [1.165, 1.54) is 6.07 Å². The Morgan fingerprint density at radius 1 is 1.40 bits per heavy atom. The molecule has 2 aromatic rings. The molecule has 0 bridgehead atoms. The quantitative estimate of drug-likeness (QED) is 0.790. The molecule has 0 aliphatic carbocycles. The standard InChI is InChI=1S/C14H16BrN3O2/c1-20-6-5-16-9-12-8-13(19)18-14(17-12)10-3-2-4-11(15)7-10/h2-4,7-8,16H,5-6,9H2,1H3,(H,17,18,19). The minimum absolute atomic E-state index is 0.154. The van der Waals surface area contributed by atoms with Crippen molar-refractivity contribution in [3.8, 4) is 11.4 Å². The highest BCUT2D eigenvalue weighted by molar-refractivity contribution is 9.10. The molecule has 5 nitrogen and oxygen atoms in total. The van der Waals surface area contributed by atoms with E-state index in [9.17, 15) is 4.79 Å². The molecular formula is C14H16BrN3O2. The highest BCUT2D eigenvalue weighted by atomic mass is 79.9. The number of benzene rings is 1. The Kier molecular flexibility index (Phi) is 5.46. The first kappa shape index (κ1) is 14.9. The monoisotopic (exact) mass is 337 g/mol. The summed E-state index contributed by atoms with van der Waals surface area (Å²) in [6.07, 6.45) is 0. The van der Waals surface area contributed by atoms with Crippen LogP contribution in [0.3, 0.4) is 0 Å². The first-order valence-corrected chi connectivity index (χ1v) is 7.04. The SMILES string of the molecule is COCCNCc1cc(=O)[nH]c(-c2cccc(Br)c2)n1. The molecule has 6 heteroatoms. The summed E-state index contributed by atoms with van der Waals surface area (Å²) in [5.41, 5.74) is 1.42. The van der Waals surface area contributed by atoms with Gasteiger partial charge in [-0.15, -0.1) is 0 Å². The second-order valence-electron chi connectivity index (χ2n) is 4.27. The number of hydrogen-bond acceptors (Lipinski definition) is 4. The summed E-state index contributed by atoms with van der Waals surface area (Å²) in [7, 11) is 1.65. The van der Waals surface area contributed by atoms with Gasteiger partial charge in [-0.05, 0) is 12.1 Å². The molecule has 0 aliphatic rings. The highest BCUT2D eigenvalue weighted by Crippen LogP contribution is 2.18. The average Bonchev–Trinajstić information content (AvgIpc) is 2.43. The zero-order chi connectivity index (χ0) is 14.4. The normalized spacial score (nSPS) is 10.7. The second-order valence-corrected chi connectivity index (χ2v) is 5.18. The maximum atomic E-state index is 11.7. The predicted molar refractivity (Wildman–Crippen MR) is 81.6 cm³/mol. The number of aromatic amines is 1. The summed E-state index contributed by atoms with van der Waals surface area (Å²) in [5, 5.41) is 3.17. The van der Waals surface area contributed by atoms with Crippen LogP contribution in [0.1, 0.15) is 5.69 Å². The maximum absolute atomic E-state index is 11.7. The molecule has 1 heterocycles. The minimum Gasteiger partial charge on any atom is -0.383 e. The van der Waals surface area contributed by atoms with Crippen LogP contribution in [0.2, 0.25) is 0 Å². The lowest BCUT2D eigenvalue weighted by Gasteiger charge is -2.06. The van der Waals surface area contributed by atoms with E-state index in [2.05, 4.69) is 31.2 Å². The van der Waals surface area contributed by atoms with Crippen molar-refractivity contribution in [2.24, 2.45) is 0 Å². The number of ether oxygens (including phenoxy) is 1. The van der Waals surface area contributed by atoms with Crippen LogP contribution >= 0.6 is 15.9 Å². The first-order chi connectivity index (χ1) is 9.69. The molecule has 0 saturated carbocycles. The van der Waals surface area contributed by atoms with Crippen LogP contribution in [-0.2, 0) is 11.3 Å². The molecule has 0 atom stereocenters. The fourth-order valence-corrected chi connectivity index (χ4v) is 2.16. The molecule has 0 radical (unpaired) electrons. The van der Waals surface area contributed by atoms with Gasteiger partial charge in [0.25, 0.3) is 5.56 Å². The summed E-state index contributed by atoms with van der Waals surface area (Å²) < 4.78 is 5.90. The van der Waals surface area contributed by atoms with Crippen molar-refractivity contribution in [1.82, 2.24) is 15.3 Å². The van der Waals surface area contributed by atoms with Crippen LogP contribution < -0.4 is 10.9 Å². The van der Waals surface area contributed by atoms with Crippen LogP contribution in [0, 0.1) is 0 Å². The summed E-state index contributed by atoms with van der Waals surface area (Å²) >= 11 is 3.41. The number of aromatic nitrogens is 2. The van der Waals surface area contributed by atoms with Crippen LogP contribution in [0.15, 0.2) is 39.6 Å². The van der Waals surface area contributed by atoms with Gasteiger partial charge >= 0.3 is 0 Å². The van der Waals surface area contributed by atoms with E-state index in [0.29, 0.717) is 24.7 Å². The van der Waals surface area contributed by atoms with Crippen LogP contribution in [-0.4, -0.2) is 30.2 Å². The van der Waals surface area contributed by atoms with Crippen LogP contribution in [0.5, 0.6) is 0 Å². The molecule has 106 valence electrons. The molecule has 0 amide bonds. The molecular weight excluding hydrogens is 322 g/mol. The maximum Gasteiger partial charge on any atom is 0.251 e. The summed E-state index contributed by atoms with van der Waals surface area (Å²) in [6.45, 7) is 1.88. The lowest BCUT2D eigenvalue weighted by molar-refractivity contribution is 0.199. The third-order valence-corrected chi connectivity index (χ3v) is 3.18. The van der Waals surface area contributed by atoms with Gasteiger partial charge in [0.15, 0.2) is 0 Å². The van der Waals surface area contributed by atoms with Crippen LogP contribution in [0.25, 0.3) is 11.4 Å². The molecule has 1 aromatic heterocycles. The summed E-state index contributed by atoms with van der Waals surface area (Å²) in [5.74, 6) is 0.572. The van der Waals surface area contributed by atoms with E-state index >= 15 is 0 Å². The topological polar surface area (TPSA) is 67.0 Å². The van der Waals surface area contributed by atoms with Gasteiger partial charge in [0.05, 0.1) is 12.3 Å². The van der Waals surface area contributed by atoms with Crippen molar-refractivity contribution in [2.45, 2.75) is 6.54 Å². The largest absolute Gasteiger partial charge is 0.383 e. The number of methoxy groups -OCH3 is 1. The number of hydrogen-bond donors (Lipinski definition) is 2. The Hall–Kier alpha value is -1.50. The molecule has 0 fully saturated rings. The van der Waals surface area contributed by atoms with Crippen molar-refractivity contribution in [1.29, 1.82) is 0 Å². The van der Waals surface area contributed by atoms with Crippen molar-refractivity contribution in [2.75, 3.05) is 20.3 Å². The lowest BCUT2D eigenvalue weighted by Crippen LogP contribution is -2.21. The van der Waals surface area contributed by atoms with E-state index in [1.54, 1.807) is 7.11 Å². The zero-order valence-electron chi connectivity index (χ0n) is 11.1. The van der Waals surface area contributed by atoms with E-state index in [0.717, 1.165) is 16.6 Å². The highest BCUT2D eigenvalue weighted by Gasteiger charge is 2.04. The molecule has 20 heavy (non-hydrogen) atoms. The number of nitrogens with zero attached hydrogens (tertiary/aromatic N) is 1. The Bertz CT molecular complexity index is 628. The van der Waals surface area contributed by atoms with E-state index < -0.39 is 0 Å². The molecule has 1 aromatic carbocycles. The average molecular weight is 338 g/mol. The van der Waals surface area contributed by atoms with Crippen LogP contribution in [0.4, 0.5) is 0 Å². The van der Waals surface area contributed by atoms with Crippen molar-refractivity contribution >= 4 is 15.9 Å². The van der Waals surface area contributed by atoms with E-state index in [-0.39, 0.29) is 5.56 Å². The predicted octanol–water partition coefficient (Wildman–Crippen LogP) is 1.94. The van der Waals surface area contributed by atoms with Gasteiger partial charge in [0, 0.05) is 36.3 Å². The van der Waals surface area contributed by atoms with E-state index in [1.807, 2.05) is 24.3 Å². The molecule has 0 saturated heterocycles. The second kappa shape index (κ2) is 7.33. The summed E-state index contributed by atoms with van der Waals surface area (Å²) in [6, 6.07) is 9.16. The number of nitrogens with one attached hydrogen (secondary N) is 2. The Morgan fingerprint density at radius 2 is 2.25 bits per heavy atom. The fraction of sp³-hybridized carbons (Fsp3) is 0.286. The van der Waals surface area contributed by atoms with Crippen molar-refractivity contribution in [3.63, 3.8) is 0 Å². The van der Waals surface area contributed by atoms with Crippen molar-refractivity contribution in [3.05, 3.63) is 50.9 Å². The number of H-pyrrole nitrogens is 1. The van der Waals surface area contributed by atoms with Gasteiger partial charge < -0.3 is 15.0 Å². The van der Waals surface area contributed by atoms with Gasteiger partial charge in [-0.1, -0.05) is 28.1 Å². The molecule has 2 rings (SSSR count). The van der Waals surface area contributed by atoms with Gasteiger partial charge in [0.2, 0.25) is 0 Å². The number of rotatable bonds is 6. The molecule has 0 spiro atoms. The Morgan fingerprint density at radius 3 is 3.00 bits per heavy atom. The van der Waals surface area contributed by atoms with Crippen molar-refractivity contribution < 1.29 is 4.74 Å². The Balaban J connectivity index is 2.18. The number of halogens is 1. The molecule has 0 aliphatic heterocycles. The minimum atomic E-state index is -0.154. The third-order valence-electron chi connectivity index (χ3n) is 2.68. The molecule has 0 unspecified atom stereocenters. The smallest absolute Gasteiger partial charge is 0.251 e. The Labute approximate surface area is 125 Å². The molecule has 2 N–H and O–H groups in total.